The lowest BCUT2D eigenvalue weighted by Gasteiger charge is -2.10. The number of carbonyl (C=O) groups is 2. The van der Waals surface area contributed by atoms with E-state index in [1.807, 2.05) is 38.1 Å². The molecule has 0 aliphatic carbocycles. The molecule has 1 aromatic heterocycles. The summed E-state index contributed by atoms with van der Waals surface area (Å²) in [6.07, 6.45) is 1.29. The van der Waals surface area contributed by atoms with Gasteiger partial charge in [-0.3, -0.25) is 14.3 Å². The van der Waals surface area contributed by atoms with E-state index in [1.165, 1.54) is 0 Å². The Balaban J connectivity index is 1.88. The molecular weight excluding hydrogens is 306 g/mol. The molecule has 2 aromatic rings. The Morgan fingerprint density at radius 2 is 1.88 bits per heavy atom. The van der Waals surface area contributed by atoms with E-state index in [9.17, 15) is 9.59 Å². The van der Waals surface area contributed by atoms with Crippen LogP contribution in [-0.4, -0.2) is 28.1 Å². The zero-order valence-corrected chi connectivity index (χ0v) is 14.2. The fourth-order valence-electron chi connectivity index (χ4n) is 2.25. The highest BCUT2D eigenvalue weighted by Gasteiger charge is 2.07. The molecule has 7 nitrogen and oxygen atoms in total. The largest absolute Gasteiger partial charge is 0.376 e. The summed E-state index contributed by atoms with van der Waals surface area (Å²) in [5, 5.41) is 12.8. The smallest absolute Gasteiger partial charge is 0.244 e. The van der Waals surface area contributed by atoms with Gasteiger partial charge in [0.2, 0.25) is 11.8 Å². The van der Waals surface area contributed by atoms with Crippen LogP contribution in [0.5, 0.6) is 0 Å². The van der Waals surface area contributed by atoms with Crippen molar-refractivity contribution in [3.63, 3.8) is 0 Å². The molecule has 0 bridgehead atoms. The number of carbonyl (C=O) groups excluding carboxylic acids is 2. The molecule has 3 N–H and O–H groups in total. The van der Waals surface area contributed by atoms with Crippen molar-refractivity contribution in [3.8, 4) is 0 Å². The molecule has 0 aliphatic rings. The molecule has 0 saturated carbocycles. The minimum atomic E-state index is -0.168. The molecule has 7 heteroatoms. The second-order valence-electron chi connectivity index (χ2n) is 5.58. The monoisotopic (exact) mass is 329 g/mol. The van der Waals surface area contributed by atoms with Gasteiger partial charge in [0.15, 0.2) is 0 Å². The maximum Gasteiger partial charge on any atom is 0.244 e. The van der Waals surface area contributed by atoms with Gasteiger partial charge < -0.3 is 16.0 Å². The van der Waals surface area contributed by atoms with Crippen LogP contribution in [0.15, 0.2) is 30.3 Å². The van der Waals surface area contributed by atoms with E-state index in [4.69, 9.17) is 0 Å². The predicted molar refractivity (Wildman–Crippen MR) is 95.0 cm³/mol. The molecule has 1 heterocycles. The molecule has 2 rings (SSSR count). The SMILES string of the molecule is CCCC(=O)Nc1cccc(NCC(=O)Nc2cc(C)nn2C)c1. The number of nitrogens with zero attached hydrogens (tertiary/aromatic N) is 2. The number of hydrogen-bond donors (Lipinski definition) is 3. The standard InChI is InChI=1S/C17H23N5O2/c1-4-6-16(23)19-14-8-5-7-13(10-14)18-11-17(24)20-15-9-12(2)21-22(15)3/h5,7-10,18H,4,6,11H2,1-3H3,(H,19,23)(H,20,24). The number of aryl methyl sites for hydroxylation is 2. The van der Waals surface area contributed by atoms with Crippen LogP contribution in [0.1, 0.15) is 25.5 Å². The Kier molecular flexibility index (Phi) is 5.95. The first-order valence-corrected chi connectivity index (χ1v) is 7.92. The molecule has 128 valence electrons. The third-order valence-electron chi connectivity index (χ3n) is 3.35. The van der Waals surface area contributed by atoms with Crippen molar-refractivity contribution in [2.75, 3.05) is 22.5 Å². The van der Waals surface area contributed by atoms with E-state index in [2.05, 4.69) is 21.0 Å². The van der Waals surface area contributed by atoms with Gasteiger partial charge in [0, 0.05) is 30.9 Å². The van der Waals surface area contributed by atoms with Crippen LogP contribution in [0, 0.1) is 6.92 Å². The zero-order valence-electron chi connectivity index (χ0n) is 14.2. The van der Waals surface area contributed by atoms with Crippen molar-refractivity contribution in [1.29, 1.82) is 0 Å². The van der Waals surface area contributed by atoms with Gasteiger partial charge in [-0.25, -0.2) is 0 Å². The minimum Gasteiger partial charge on any atom is -0.376 e. The Morgan fingerprint density at radius 1 is 1.12 bits per heavy atom. The Hall–Kier alpha value is -2.83. The highest BCUT2D eigenvalue weighted by Crippen LogP contribution is 2.15. The van der Waals surface area contributed by atoms with Crippen molar-refractivity contribution in [2.45, 2.75) is 26.7 Å². The summed E-state index contributed by atoms with van der Waals surface area (Å²) in [7, 11) is 1.78. The topological polar surface area (TPSA) is 88.1 Å². The summed E-state index contributed by atoms with van der Waals surface area (Å²) in [5.74, 6) is 0.470. The number of rotatable bonds is 7. The van der Waals surface area contributed by atoms with Gasteiger partial charge in [0.05, 0.1) is 12.2 Å². The lowest BCUT2D eigenvalue weighted by molar-refractivity contribution is -0.116. The van der Waals surface area contributed by atoms with Crippen LogP contribution >= 0.6 is 0 Å². The molecule has 0 fully saturated rings. The lowest BCUT2D eigenvalue weighted by atomic mass is 10.2. The summed E-state index contributed by atoms with van der Waals surface area (Å²) >= 11 is 0. The molecule has 0 atom stereocenters. The average Bonchev–Trinajstić information content (AvgIpc) is 2.83. The van der Waals surface area contributed by atoms with Crippen LogP contribution < -0.4 is 16.0 Å². The Bertz CT molecular complexity index is 724. The molecule has 1 aromatic carbocycles. The Morgan fingerprint density at radius 3 is 2.54 bits per heavy atom. The molecule has 0 aliphatic heterocycles. The van der Waals surface area contributed by atoms with Crippen molar-refractivity contribution in [1.82, 2.24) is 9.78 Å². The summed E-state index contributed by atoms with van der Waals surface area (Å²) < 4.78 is 1.62. The number of hydrogen-bond acceptors (Lipinski definition) is 4. The zero-order chi connectivity index (χ0) is 17.5. The van der Waals surface area contributed by atoms with E-state index in [0.717, 1.165) is 17.8 Å². The fraction of sp³-hybridized carbons (Fsp3) is 0.353. The first-order valence-electron chi connectivity index (χ1n) is 7.92. The van der Waals surface area contributed by atoms with E-state index in [-0.39, 0.29) is 18.4 Å². The van der Waals surface area contributed by atoms with Gasteiger partial charge in [-0.15, -0.1) is 0 Å². The van der Waals surface area contributed by atoms with Crippen LogP contribution in [0.3, 0.4) is 0 Å². The lowest BCUT2D eigenvalue weighted by Crippen LogP contribution is -2.23. The van der Waals surface area contributed by atoms with Crippen LogP contribution in [0.4, 0.5) is 17.2 Å². The second-order valence-corrected chi connectivity index (χ2v) is 5.58. The number of aromatic nitrogens is 2. The van der Waals surface area contributed by atoms with Crippen molar-refractivity contribution in [2.24, 2.45) is 7.05 Å². The second kappa shape index (κ2) is 8.14. The molecule has 0 unspecified atom stereocenters. The molecule has 0 radical (unpaired) electrons. The summed E-state index contributed by atoms with van der Waals surface area (Å²) in [6, 6.07) is 9.09. The third kappa shape index (κ3) is 5.12. The molecule has 2 amide bonds. The number of benzene rings is 1. The number of anilines is 3. The molecular formula is C17H23N5O2. The van der Waals surface area contributed by atoms with E-state index < -0.39 is 0 Å². The van der Waals surface area contributed by atoms with E-state index in [1.54, 1.807) is 17.8 Å². The molecule has 24 heavy (non-hydrogen) atoms. The molecule has 0 saturated heterocycles. The fourth-order valence-corrected chi connectivity index (χ4v) is 2.25. The summed E-state index contributed by atoms with van der Waals surface area (Å²) in [6.45, 7) is 3.95. The normalized spacial score (nSPS) is 10.3. The first kappa shape index (κ1) is 17.5. The van der Waals surface area contributed by atoms with Gasteiger partial charge in [-0.2, -0.15) is 5.10 Å². The third-order valence-corrected chi connectivity index (χ3v) is 3.35. The van der Waals surface area contributed by atoms with Crippen LogP contribution in [0.2, 0.25) is 0 Å². The van der Waals surface area contributed by atoms with Crippen molar-refractivity contribution in [3.05, 3.63) is 36.0 Å². The minimum absolute atomic E-state index is 0.0148. The highest BCUT2D eigenvalue weighted by atomic mass is 16.2. The average molecular weight is 329 g/mol. The van der Waals surface area contributed by atoms with Crippen LogP contribution in [-0.2, 0) is 16.6 Å². The van der Waals surface area contributed by atoms with Gasteiger partial charge in [0.25, 0.3) is 0 Å². The molecule has 0 spiro atoms. The van der Waals surface area contributed by atoms with Gasteiger partial charge in [-0.05, 0) is 31.5 Å². The van der Waals surface area contributed by atoms with Gasteiger partial charge >= 0.3 is 0 Å². The number of amides is 2. The van der Waals surface area contributed by atoms with E-state index >= 15 is 0 Å². The van der Waals surface area contributed by atoms with Gasteiger partial charge in [0.1, 0.15) is 5.82 Å². The highest BCUT2D eigenvalue weighted by molar-refractivity contribution is 5.93. The van der Waals surface area contributed by atoms with Crippen LogP contribution in [0.25, 0.3) is 0 Å². The maximum absolute atomic E-state index is 12.0. The van der Waals surface area contributed by atoms with Crippen molar-refractivity contribution < 1.29 is 9.59 Å². The van der Waals surface area contributed by atoms with Gasteiger partial charge in [-0.1, -0.05) is 13.0 Å². The predicted octanol–water partition coefficient (Wildman–Crippen LogP) is 2.52. The maximum atomic E-state index is 12.0. The summed E-state index contributed by atoms with van der Waals surface area (Å²) in [5.41, 5.74) is 2.32. The first-order chi connectivity index (χ1) is 11.5. The number of nitrogens with one attached hydrogen (secondary N) is 3. The Labute approximate surface area is 141 Å². The summed E-state index contributed by atoms with van der Waals surface area (Å²) in [4.78, 5) is 23.6. The van der Waals surface area contributed by atoms with Crippen molar-refractivity contribution >= 4 is 29.0 Å². The quantitative estimate of drug-likeness (QED) is 0.728. The van der Waals surface area contributed by atoms with E-state index in [0.29, 0.717) is 17.9 Å².